The molecule has 2 N–H and O–H groups in total. The number of hydrogen-bond acceptors (Lipinski definition) is 3. The lowest BCUT2D eigenvalue weighted by Gasteiger charge is -2.32. The van der Waals surface area contributed by atoms with Crippen LogP contribution in [0, 0.1) is 11.3 Å². The molecule has 2 rings (SSSR count). The second kappa shape index (κ2) is 7.99. The first-order valence-electron chi connectivity index (χ1n) is 7.75. The molecule has 1 aliphatic carbocycles. The standard InChI is InChI=1S/C15H27N3O2.ClH/c1-18(2)14(20)15(7-3-4-8-15)11-17-13(19)12-6-5-9-16-10-12;/h12,16H,3-11H2,1-2H3,(H,17,19);1H. The Morgan fingerprint density at radius 3 is 2.43 bits per heavy atom. The van der Waals surface area contributed by atoms with Crippen LogP contribution in [0.4, 0.5) is 0 Å². The van der Waals surface area contributed by atoms with E-state index >= 15 is 0 Å². The lowest BCUT2D eigenvalue weighted by Crippen LogP contribution is -2.49. The maximum absolute atomic E-state index is 12.4. The summed E-state index contributed by atoms with van der Waals surface area (Å²) in [7, 11) is 3.60. The van der Waals surface area contributed by atoms with E-state index in [1.807, 2.05) is 0 Å². The molecule has 0 radical (unpaired) electrons. The van der Waals surface area contributed by atoms with Crippen LogP contribution in [0.5, 0.6) is 0 Å². The molecular weight excluding hydrogens is 290 g/mol. The Bertz CT molecular complexity index is 362. The second-order valence-corrected chi connectivity index (χ2v) is 6.45. The predicted molar refractivity (Wildman–Crippen MR) is 85.4 cm³/mol. The molecule has 2 aliphatic rings. The van der Waals surface area contributed by atoms with Crippen molar-refractivity contribution in [2.24, 2.45) is 11.3 Å². The zero-order chi connectivity index (χ0) is 14.6. The minimum absolute atomic E-state index is 0. The van der Waals surface area contributed by atoms with Crippen molar-refractivity contribution in [2.45, 2.75) is 38.5 Å². The van der Waals surface area contributed by atoms with Crippen molar-refractivity contribution in [3.05, 3.63) is 0 Å². The molecule has 21 heavy (non-hydrogen) atoms. The van der Waals surface area contributed by atoms with Crippen molar-refractivity contribution < 1.29 is 9.59 Å². The maximum Gasteiger partial charge on any atom is 0.230 e. The van der Waals surface area contributed by atoms with Gasteiger partial charge in [-0.05, 0) is 32.2 Å². The summed E-state index contributed by atoms with van der Waals surface area (Å²) >= 11 is 0. The van der Waals surface area contributed by atoms with Gasteiger partial charge >= 0.3 is 0 Å². The van der Waals surface area contributed by atoms with Gasteiger partial charge in [0.2, 0.25) is 11.8 Å². The molecule has 6 heteroatoms. The fourth-order valence-electron chi connectivity index (χ4n) is 3.47. The number of nitrogens with zero attached hydrogens (tertiary/aromatic N) is 1. The average molecular weight is 318 g/mol. The molecular formula is C15H28ClN3O2. The Labute approximate surface area is 133 Å². The molecule has 1 aliphatic heterocycles. The summed E-state index contributed by atoms with van der Waals surface area (Å²) in [5, 5.41) is 6.30. The van der Waals surface area contributed by atoms with E-state index in [-0.39, 0.29) is 35.6 Å². The number of amides is 2. The van der Waals surface area contributed by atoms with Crippen molar-refractivity contribution >= 4 is 24.2 Å². The summed E-state index contributed by atoms with van der Waals surface area (Å²) in [5.41, 5.74) is -0.360. The lowest BCUT2D eigenvalue weighted by molar-refractivity contribution is -0.139. The Kier molecular flexibility index (Phi) is 6.94. The van der Waals surface area contributed by atoms with Gasteiger partial charge in [-0.3, -0.25) is 9.59 Å². The Hall–Kier alpha value is -0.810. The van der Waals surface area contributed by atoms with Gasteiger partial charge in [0.15, 0.2) is 0 Å². The first-order valence-corrected chi connectivity index (χ1v) is 7.75. The highest BCUT2D eigenvalue weighted by Crippen LogP contribution is 2.39. The third-order valence-corrected chi connectivity index (χ3v) is 4.69. The van der Waals surface area contributed by atoms with Crippen LogP contribution in [0.15, 0.2) is 0 Å². The summed E-state index contributed by atoms with van der Waals surface area (Å²) < 4.78 is 0. The van der Waals surface area contributed by atoms with Crippen molar-refractivity contribution in [1.82, 2.24) is 15.5 Å². The number of hydrogen-bond donors (Lipinski definition) is 2. The van der Waals surface area contributed by atoms with Crippen molar-refractivity contribution in [2.75, 3.05) is 33.7 Å². The normalized spacial score (nSPS) is 24.0. The zero-order valence-corrected chi connectivity index (χ0v) is 13.9. The summed E-state index contributed by atoms with van der Waals surface area (Å²) in [5.74, 6) is 0.337. The van der Waals surface area contributed by atoms with Gasteiger partial charge in [-0.2, -0.15) is 0 Å². The second-order valence-electron chi connectivity index (χ2n) is 6.45. The van der Waals surface area contributed by atoms with E-state index in [2.05, 4.69) is 10.6 Å². The minimum Gasteiger partial charge on any atom is -0.355 e. The smallest absolute Gasteiger partial charge is 0.230 e. The van der Waals surface area contributed by atoms with Crippen LogP contribution >= 0.6 is 12.4 Å². The van der Waals surface area contributed by atoms with Crippen molar-refractivity contribution in [3.63, 3.8) is 0 Å². The molecule has 0 bridgehead atoms. The van der Waals surface area contributed by atoms with Gasteiger partial charge in [-0.15, -0.1) is 12.4 Å². The fraction of sp³-hybridized carbons (Fsp3) is 0.867. The van der Waals surface area contributed by atoms with Crippen LogP contribution < -0.4 is 10.6 Å². The Morgan fingerprint density at radius 1 is 1.24 bits per heavy atom. The molecule has 1 atom stereocenters. The van der Waals surface area contributed by atoms with Crippen molar-refractivity contribution in [3.8, 4) is 0 Å². The Morgan fingerprint density at radius 2 is 1.90 bits per heavy atom. The predicted octanol–water partition coefficient (Wildman–Crippen LogP) is 1.17. The number of carbonyl (C=O) groups is 2. The quantitative estimate of drug-likeness (QED) is 0.818. The third kappa shape index (κ3) is 4.33. The minimum atomic E-state index is -0.360. The third-order valence-electron chi connectivity index (χ3n) is 4.69. The van der Waals surface area contributed by atoms with Gasteiger partial charge in [0.25, 0.3) is 0 Å². The van der Waals surface area contributed by atoms with E-state index < -0.39 is 0 Å². The van der Waals surface area contributed by atoms with Crippen LogP contribution in [-0.2, 0) is 9.59 Å². The van der Waals surface area contributed by atoms with Gasteiger partial charge in [-0.1, -0.05) is 12.8 Å². The van der Waals surface area contributed by atoms with E-state index in [4.69, 9.17) is 0 Å². The van der Waals surface area contributed by atoms with Gasteiger partial charge in [0, 0.05) is 27.2 Å². The maximum atomic E-state index is 12.4. The molecule has 1 saturated carbocycles. The van der Waals surface area contributed by atoms with Gasteiger partial charge in [0.1, 0.15) is 0 Å². The van der Waals surface area contributed by atoms with E-state index in [9.17, 15) is 9.59 Å². The number of rotatable bonds is 4. The van der Waals surface area contributed by atoms with Gasteiger partial charge in [0.05, 0.1) is 11.3 Å². The number of halogens is 1. The van der Waals surface area contributed by atoms with Crippen LogP contribution in [0.25, 0.3) is 0 Å². The topological polar surface area (TPSA) is 61.4 Å². The SMILES string of the molecule is CN(C)C(=O)C1(CNC(=O)C2CCCNC2)CCCC1.Cl. The van der Waals surface area contributed by atoms with E-state index in [0.717, 1.165) is 51.6 Å². The highest BCUT2D eigenvalue weighted by Gasteiger charge is 2.42. The molecule has 1 saturated heterocycles. The van der Waals surface area contributed by atoms with E-state index in [1.165, 1.54) is 0 Å². The molecule has 1 heterocycles. The molecule has 0 aromatic rings. The van der Waals surface area contributed by atoms with Gasteiger partial charge < -0.3 is 15.5 Å². The van der Waals surface area contributed by atoms with Gasteiger partial charge in [-0.25, -0.2) is 0 Å². The molecule has 2 amide bonds. The van der Waals surface area contributed by atoms with Crippen LogP contribution in [0.1, 0.15) is 38.5 Å². The van der Waals surface area contributed by atoms with Crippen LogP contribution in [0.2, 0.25) is 0 Å². The average Bonchev–Trinajstić information content (AvgIpc) is 2.94. The summed E-state index contributed by atoms with van der Waals surface area (Å²) in [4.78, 5) is 26.3. The number of piperidine rings is 1. The fourth-order valence-corrected chi connectivity index (χ4v) is 3.47. The van der Waals surface area contributed by atoms with Crippen molar-refractivity contribution in [1.29, 1.82) is 0 Å². The Balaban J connectivity index is 0.00000220. The molecule has 122 valence electrons. The lowest BCUT2D eigenvalue weighted by atomic mass is 9.84. The largest absolute Gasteiger partial charge is 0.355 e. The van der Waals surface area contributed by atoms with E-state index in [1.54, 1.807) is 19.0 Å². The molecule has 0 spiro atoms. The molecule has 5 nitrogen and oxygen atoms in total. The highest BCUT2D eigenvalue weighted by molar-refractivity contribution is 5.85. The highest BCUT2D eigenvalue weighted by atomic mass is 35.5. The number of carbonyl (C=O) groups excluding carboxylic acids is 2. The van der Waals surface area contributed by atoms with Crippen LogP contribution in [0.3, 0.4) is 0 Å². The summed E-state index contributed by atoms with van der Waals surface area (Å²) in [6, 6.07) is 0. The molecule has 0 aromatic heterocycles. The molecule has 1 unspecified atom stereocenters. The first kappa shape index (κ1) is 18.2. The monoisotopic (exact) mass is 317 g/mol. The summed E-state index contributed by atoms with van der Waals surface area (Å²) in [6.07, 6.45) is 5.97. The molecule has 2 fully saturated rings. The summed E-state index contributed by atoms with van der Waals surface area (Å²) in [6.45, 7) is 2.27. The number of nitrogens with one attached hydrogen (secondary N) is 2. The first-order chi connectivity index (χ1) is 9.55. The molecule has 0 aromatic carbocycles. The van der Waals surface area contributed by atoms with Crippen LogP contribution in [-0.4, -0.2) is 50.4 Å². The zero-order valence-electron chi connectivity index (χ0n) is 13.1. The van der Waals surface area contributed by atoms with E-state index in [0.29, 0.717) is 6.54 Å².